The van der Waals surface area contributed by atoms with E-state index in [2.05, 4.69) is 29.5 Å². The fourth-order valence-corrected chi connectivity index (χ4v) is 6.49. The minimum Gasteiger partial charge on any atom is -0.457 e. The van der Waals surface area contributed by atoms with Gasteiger partial charge in [0.1, 0.15) is 36.6 Å². The summed E-state index contributed by atoms with van der Waals surface area (Å²) in [7, 11) is 0. The Morgan fingerprint density at radius 1 is 0.771 bits per heavy atom. The highest BCUT2D eigenvalue weighted by Gasteiger charge is 2.56. The van der Waals surface area contributed by atoms with E-state index in [9.17, 15) is 4.79 Å². The van der Waals surface area contributed by atoms with Gasteiger partial charge in [-0.1, -0.05) is 87.3 Å². The number of rotatable bonds is 15. The molecule has 0 radical (unpaired) electrons. The number of halogens is 1. The molecule has 4 saturated heterocycles. The number of ether oxygens (including phenoxy) is 7. The molecule has 0 N–H and O–H groups in total. The van der Waals surface area contributed by atoms with Gasteiger partial charge in [0.2, 0.25) is 0 Å². The van der Waals surface area contributed by atoms with Crippen LogP contribution in [0.25, 0.3) is 0 Å². The molecule has 35 heavy (non-hydrogen) atoms. The fourth-order valence-electron chi connectivity index (χ4n) is 5.54. The standard InChI is InChI=1S/C26H43IO8/c1-3-4-5-6-7-8-9-10-11-12-13-29-18-14-30-23-19(15-31-22(18)23)34-26-21(27)25-24(35-26)20(16-32-25)33-17(2)28/h18-26H,3-16H2,1-2H3/t18-,19+,20-,21-,22-,23-,24-,25-,26-/m1/s1. The third kappa shape index (κ3) is 7.51. The van der Waals surface area contributed by atoms with Crippen molar-refractivity contribution in [3.05, 3.63) is 0 Å². The first-order valence-corrected chi connectivity index (χ1v) is 14.9. The Labute approximate surface area is 223 Å². The summed E-state index contributed by atoms with van der Waals surface area (Å²) in [6.45, 7) is 5.78. The third-order valence-electron chi connectivity index (χ3n) is 7.43. The average Bonchev–Trinajstić information content (AvgIpc) is 3.58. The fraction of sp³-hybridized carbons (Fsp3) is 0.962. The maximum atomic E-state index is 11.4. The van der Waals surface area contributed by atoms with Crippen molar-refractivity contribution in [2.24, 2.45) is 0 Å². The number of carbonyl (C=O) groups excluding carboxylic acids is 1. The summed E-state index contributed by atoms with van der Waals surface area (Å²) in [6.07, 6.45) is 11.4. The van der Waals surface area contributed by atoms with E-state index in [-0.39, 0.29) is 52.6 Å². The molecule has 4 aliphatic rings. The summed E-state index contributed by atoms with van der Waals surface area (Å²) in [6, 6.07) is 0. The zero-order chi connectivity index (χ0) is 24.6. The van der Waals surface area contributed by atoms with E-state index in [0.717, 1.165) is 13.0 Å². The van der Waals surface area contributed by atoms with Gasteiger partial charge in [-0.3, -0.25) is 4.79 Å². The van der Waals surface area contributed by atoms with E-state index >= 15 is 0 Å². The van der Waals surface area contributed by atoms with E-state index in [1.807, 2.05) is 0 Å². The Morgan fingerprint density at radius 2 is 1.34 bits per heavy atom. The van der Waals surface area contributed by atoms with Crippen LogP contribution in [-0.4, -0.2) is 85.3 Å². The molecule has 0 saturated carbocycles. The Balaban J connectivity index is 1.10. The molecule has 9 heteroatoms. The molecule has 0 bridgehead atoms. The van der Waals surface area contributed by atoms with Gasteiger partial charge in [0, 0.05) is 13.5 Å². The molecule has 0 unspecified atom stereocenters. The maximum Gasteiger partial charge on any atom is 0.303 e. The maximum absolute atomic E-state index is 11.4. The lowest BCUT2D eigenvalue weighted by Crippen LogP contribution is -2.39. The van der Waals surface area contributed by atoms with Gasteiger partial charge < -0.3 is 33.2 Å². The monoisotopic (exact) mass is 610 g/mol. The first-order valence-electron chi connectivity index (χ1n) is 13.7. The third-order valence-corrected chi connectivity index (χ3v) is 8.72. The van der Waals surface area contributed by atoms with Crippen molar-refractivity contribution in [1.82, 2.24) is 0 Å². The summed E-state index contributed by atoms with van der Waals surface area (Å²) in [4.78, 5) is 11.4. The van der Waals surface area contributed by atoms with Crippen molar-refractivity contribution >= 4 is 28.6 Å². The second kappa shape index (κ2) is 14.2. The first kappa shape index (κ1) is 28.0. The van der Waals surface area contributed by atoms with E-state index in [4.69, 9.17) is 33.2 Å². The quantitative estimate of drug-likeness (QED) is 0.117. The highest BCUT2D eigenvalue weighted by Crippen LogP contribution is 2.40. The van der Waals surface area contributed by atoms with Gasteiger partial charge in [0.15, 0.2) is 12.4 Å². The molecule has 0 aromatic heterocycles. The Bertz CT molecular complexity index is 651. The smallest absolute Gasteiger partial charge is 0.303 e. The molecule has 0 aromatic carbocycles. The lowest BCUT2D eigenvalue weighted by atomic mass is 10.1. The molecule has 0 aliphatic carbocycles. The van der Waals surface area contributed by atoms with Crippen LogP contribution in [0.4, 0.5) is 0 Å². The molecular formula is C26H43IO8. The second-order valence-corrected chi connectivity index (χ2v) is 11.7. The lowest BCUT2D eigenvalue weighted by molar-refractivity contribution is -0.193. The summed E-state index contributed by atoms with van der Waals surface area (Å²) >= 11 is 2.31. The van der Waals surface area contributed by atoms with E-state index in [0.29, 0.717) is 19.8 Å². The normalized spacial score (nSPS) is 38.1. The van der Waals surface area contributed by atoms with Crippen LogP contribution in [0.3, 0.4) is 0 Å². The highest BCUT2D eigenvalue weighted by atomic mass is 127. The molecule has 0 aromatic rings. The molecule has 4 fully saturated rings. The van der Waals surface area contributed by atoms with Crippen LogP contribution >= 0.6 is 22.6 Å². The van der Waals surface area contributed by atoms with Crippen molar-refractivity contribution in [3.8, 4) is 0 Å². The number of hydrogen-bond acceptors (Lipinski definition) is 8. The SMILES string of the molecule is CCCCCCCCCCCCO[C@@H]1CO[C@H]2[C@@H]1OC[C@@H]2O[C@@H]1O[C@H]2[C@H](OC[C@H]2OC(C)=O)[C@H]1I. The molecule has 9 atom stereocenters. The zero-order valence-electron chi connectivity index (χ0n) is 21.2. The Kier molecular flexibility index (Phi) is 11.4. The van der Waals surface area contributed by atoms with Crippen LogP contribution in [0, 0.1) is 0 Å². The van der Waals surface area contributed by atoms with Crippen molar-refractivity contribution in [1.29, 1.82) is 0 Å². The van der Waals surface area contributed by atoms with Crippen LogP contribution in [-0.2, 0) is 38.0 Å². The predicted molar refractivity (Wildman–Crippen MR) is 138 cm³/mol. The molecule has 4 heterocycles. The van der Waals surface area contributed by atoms with Crippen LogP contribution in [0.1, 0.15) is 78.1 Å². The number of alkyl halides is 1. The van der Waals surface area contributed by atoms with Gasteiger partial charge >= 0.3 is 5.97 Å². The van der Waals surface area contributed by atoms with Gasteiger partial charge in [-0.2, -0.15) is 0 Å². The van der Waals surface area contributed by atoms with Crippen molar-refractivity contribution in [3.63, 3.8) is 0 Å². The summed E-state index contributed by atoms with van der Waals surface area (Å²) in [5, 5.41) is 0. The van der Waals surface area contributed by atoms with Gasteiger partial charge in [0.05, 0.1) is 23.7 Å². The highest BCUT2D eigenvalue weighted by molar-refractivity contribution is 14.1. The van der Waals surface area contributed by atoms with Gasteiger partial charge in [-0.15, -0.1) is 0 Å². The lowest BCUT2D eigenvalue weighted by Gasteiger charge is -2.24. The molecule has 4 rings (SSSR count). The van der Waals surface area contributed by atoms with Crippen molar-refractivity contribution in [2.45, 2.75) is 131 Å². The van der Waals surface area contributed by atoms with Crippen LogP contribution in [0.2, 0.25) is 0 Å². The summed E-state index contributed by atoms with van der Waals surface area (Å²) < 4.78 is 41.8. The predicted octanol–water partition coefficient (Wildman–Crippen LogP) is 4.33. The molecule has 0 amide bonds. The number of esters is 1. The first-order chi connectivity index (χ1) is 17.1. The van der Waals surface area contributed by atoms with Crippen LogP contribution < -0.4 is 0 Å². The number of hydrogen-bond donors (Lipinski definition) is 0. The van der Waals surface area contributed by atoms with Crippen LogP contribution in [0.15, 0.2) is 0 Å². The number of unbranched alkanes of at least 4 members (excludes halogenated alkanes) is 9. The largest absolute Gasteiger partial charge is 0.457 e. The van der Waals surface area contributed by atoms with Crippen LogP contribution in [0.5, 0.6) is 0 Å². The molecular weight excluding hydrogens is 567 g/mol. The zero-order valence-corrected chi connectivity index (χ0v) is 23.4. The summed E-state index contributed by atoms with van der Waals surface area (Å²) in [5.41, 5.74) is 0. The Morgan fingerprint density at radius 3 is 2.03 bits per heavy atom. The van der Waals surface area contributed by atoms with Gasteiger partial charge in [-0.25, -0.2) is 0 Å². The average molecular weight is 611 g/mol. The molecule has 0 spiro atoms. The van der Waals surface area contributed by atoms with E-state index in [1.165, 1.54) is 64.7 Å². The topological polar surface area (TPSA) is 81.7 Å². The number of fused-ring (bicyclic) bond motifs is 2. The minimum atomic E-state index is -0.452. The van der Waals surface area contributed by atoms with Crippen molar-refractivity contribution < 1.29 is 38.0 Å². The van der Waals surface area contributed by atoms with Gasteiger partial charge in [-0.05, 0) is 6.42 Å². The molecule has 8 nitrogen and oxygen atoms in total. The van der Waals surface area contributed by atoms with E-state index < -0.39 is 6.29 Å². The Hall–Kier alpha value is -0.0400. The molecule has 202 valence electrons. The minimum absolute atomic E-state index is 0.00185. The van der Waals surface area contributed by atoms with E-state index in [1.54, 1.807) is 0 Å². The van der Waals surface area contributed by atoms with Gasteiger partial charge in [0.25, 0.3) is 0 Å². The number of carbonyl (C=O) groups is 1. The summed E-state index contributed by atoms with van der Waals surface area (Å²) in [5.74, 6) is -0.326. The van der Waals surface area contributed by atoms with Crippen molar-refractivity contribution in [2.75, 3.05) is 26.4 Å². The molecule has 4 aliphatic heterocycles. The second-order valence-electron chi connectivity index (χ2n) is 10.2.